The first-order valence-electron chi connectivity index (χ1n) is 8.14. The number of thiazole rings is 1. The van der Waals surface area contributed by atoms with Gasteiger partial charge in [-0.3, -0.25) is 4.98 Å². The quantitative estimate of drug-likeness (QED) is 0.544. The van der Waals surface area contributed by atoms with Gasteiger partial charge in [0, 0.05) is 41.8 Å². The number of phenols is 1. The van der Waals surface area contributed by atoms with Crippen molar-refractivity contribution in [2.45, 2.75) is 4.90 Å². The van der Waals surface area contributed by atoms with Crippen molar-refractivity contribution in [1.29, 1.82) is 0 Å². The molecular weight excluding hydrogens is 401 g/mol. The Kier molecular flexibility index (Phi) is 4.48. The highest BCUT2D eigenvalue weighted by Gasteiger charge is 2.23. The lowest BCUT2D eigenvalue weighted by atomic mass is 10.0. The summed E-state index contributed by atoms with van der Waals surface area (Å²) in [6.07, 6.45) is 3.06. The van der Waals surface area contributed by atoms with Gasteiger partial charge in [0.25, 0.3) is 10.0 Å². The Balaban J connectivity index is 1.83. The molecule has 0 aliphatic carbocycles. The smallest absolute Gasteiger partial charge is 0.265 e. The molecule has 0 radical (unpaired) electrons. The highest BCUT2D eigenvalue weighted by Crippen LogP contribution is 2.34. The van der Waals surface area contributed by atoms with Crippen LogP contribution in [-0.2, 0) is 10.0 Å². The van der Waals surface area contributed by atoms with E-state index in [1.807, 2.05) is 0 Å². The molecule has 9 heteroatoms. The maximum Gasteiger partial charge on any atom is 0.265 e. The molecule has 0 unspecified atom stereocenters. The van der Waals surface area contributed by atoms with Gasteiger partial charge in [-0.05, 0) is 35.7 Å². The summed E-state index contributed by atoms with van der Waals surface area (Å²) in [5.41, 5.74) is 0.801. The summed E-state index contributed by atoms with van der Waals surface area (Å²) in [5.74, 6) is -0.791. The lowest BCUT2D eigenvalue weighted by molar-refractivity contribution is 0.471. The molecule has 2 heterocycles. The highest BCUT2D eigenvalue weighted by atomic mass is 32.2. The molecule has 0 fully saturated rings. The van der Waals surface area contributed by atoms with Gasteiger partial charge in [0.2, 0.25) is 0 Å². The van der Waals surface area contributed by atoms with E-state index in [4.69, 9.17) is 0 Å². The van der Waals surface area contributed by atoms with E-state index in [0.717, 1.165) is 10.4 Å². The van der Waals surface area contributed by atoms with Crippen LogP contribution in [0.4, 0.5) is 9.52 Å². The van der Waals surface area contributed by atoms with Crippen molar-refractivity contribution >= 4 is 37.3 Å². The zero-order chi connectivity index (χ0) is 19.9. The molecule has 142 valence electrons. The highest BCUT2D eigenvalue weighted by molar-refractivity contribution is 7.93. The minimum absolute atomic E-state index is 0.109. The number of pyridine rings is 1. The molecule has 0 aliphatic rings. The molecule has 2 aromatic heterocycles. The van der Waals surface area contributed by atoms with Crippen molar-refractivity contribution in [3.05, 3.63) is 66.1 Å². The molecule has 2 aromatic carbocycles. The van der Waals surface area contributed by atoms with Crippen LogP contribution < -0.4 is 4.31 Å². The van der Waals surface area contributed by atoms with Gasteiger partial charge in [0.1, 0.15) is 11.6 Å². The average Bonchev–Trinajstić information content (AvgIpc) is 3.21. The minimum atomic E-state index is -3.78. The van der Waals surface area contributed by atoms with Crippen LogP contribution in [0.1, 0.15) is 0 Å². The summed E-state index contributed by atoms with van der Waals surface area (Å²) < 4.78 is 40.3. The molecule has 0 spiro atoms. The van der Waals surface area contributed by atoms with Crippen molar-refractivity contribution in [3.63, 3.8) is 0 Å². The van der Waals surface area contributed by atoms with Crippen LogP contribution in [0.3, 0.4) is 0 Å². The average molecular weight is 415 g/mol. The topological polar surface area (TPSA) is 83.4 Å². The number of hydrogen-bond acceptors (Lipinski definition) is 6. The molecule has 0 aliphatic heterocycles. The first-order valence-corrected chi connectivity index (χ1v) is 10.5. The van der Waals surface area contributed by atoms with Gasteiger partial charge < -0.3 is 5.11 Å². The Morgan fingerprint density at radius 1 is 1.07 bits per heavy atom. The number of fused-ring (bicyclic) bond motifs is 1. The van der Waals surface area contributed by atoms with Crippen LogP contribution in [0, 0.1) is 5.82 Å². The Morgan fingerprint density at radius 2 is 1.89 bits per heavy atom. The number of aromatic hydroxyl groups is 1. The van der Waals surface area contributed by atoms with Crippen LogP contribution in [0.15, 0.2) is 65.1 Å². The zero-order valence-electron chi connectivity index (χ0n) is 14.6. The van der Waals surface area contributed by atoms with Crippen LogP contribution in [-0.4, -0.2) is 30.5 Å². The molecule has 6 nitrogen and oxygen atoms in total. The second-order valence-corrected chi connectivity index (χ2v) is 8.83. The number of halogens is 1. The number of rotatable bonds is 4. The van der Waals surface area contributed by atoms with Crippen LogP contribution in [0.25, 0.3) is 22.0 Å². The van der Waals surface area contributed by atoms with Gasteiger partial charge in [-0.1, -0.05) is 6.07 Å². The summed E-state index contributed by atoms with van der Waals surface area (Å²) >= 11 is 1.23. The standard InChI is InChI=1S/C19H14FN3O3S2/c1-23(19-22-8-9-27-19)28(25,26)14-3-5-15-12(10-14)6-7-21-18(15)16-4-2-13(20)11-17(16)24/h2-11,24H,1H3. The molecule has 0 atom stereocenters. The maximum absolute atomic E-state index is 13.3. The van der Waals surface area contributed by atoms with Crippen molar-refractivity contribution in [2.24, 2.45) is 0 Å². The van der Waals surface area contributed by atoms with E-state index in [0.29, 0.717) is 27.2 Å². The van der Waals surface area contributed by atoms with E-state index in [-0.39, 0.29) is 10.6 Å². The second kappa shape index (κ2) is 6.84. The molecule has 4 aromatic rings. The Bertz CT molecular complexity index is 1280. The van der Waals surface area contributed by atoms with Gasteiger partial charge >= 0.3 is 0 Å². The number of benzene rings is 2. The fraction of sp³-hybridized carbons (Fsp3) is 0.0526. The van der Waals surface area contributed by atoms with Crippen molar-refractivity contribution in [3.8, 4) is 17.0 Å². The molecule has 0 amide bonds. The molecule has 1 N–H and O–H groups in total. The van der Waals surface area contributed by atoms with E-state index in [9.17, 15) is 17.9 Å². The van der Waals surface area contributed by atoms with Crippen molar-refractivity contribution in [2.75, 3.05) is 11.4 Å². The van der Waals surface area contributed by atoms with Crippen LogP contribution in [0.5, 0.6) is 5.75 Å². The first kappa shape index (κ1) is 18.3. The molecule has 0 saturated carbocycles. The van der Waals surface area contributed by atoms with E-state index in [1.54, 1.807) is 29.8 Å². The van der Waals surface area contributed by atoms with E-state index in [2.05, 4.69) is 9.97 Å². The molecule has 4 rings (SSSR count). The fourth-order valence-corrected chi connectivity index (χ4v) is 4.89. The number of aromatic nitrogens is 2. The minimum Gasteiger partial charge on any atom is -0.507 e. The third-order valence-electron chi connectivity index (χ3n) is 4.30. The normalized spacial score (nSPS) is 11.6. The van der Waals surface area contributed by atoms with Crippen LogP contribution >= 0.6 is 11.3 Å². The summed E-state index contributed by atoms with van der Waals surface area (Å²) in [7, 11) is -2.33. The third kappa shape index (κ3) is 3.08. The van der Waals surface area contributed by atoms with Crippen molar-refractivity contribution < 1.29 is 17.9 Å². The first-order chi connectivity index (χ1) is 13.4. The van der Waals surface area contributed by atoms with Gasteiger partial charge in [0.15, 0.2) is 5.13 Å². The monoisotopic (exact) mass is 415 g/mol. The molecule has 0 bridgehead atoms. The van der Waals surface area contributed by atoms with E-state index < -0.39 is 15.8 Å². The molecule has 0 saturated heterocycles. The van der Waals surface area contributed by atoms with E-state index in [1.165, 1.54) is 42.8 Å². The Hall–Kier alpha value is -3.04. The number of nitrogens with zero attached hydrogens (tertiary/aromatic N) is 3. The lowest BCUT2D eigenvalue weighted by Crippen LogP contribution is -2.26. The van der Waals surface area contributed by atoms with Gasteiger partial charge in [-0.15, -0.1) is 11.3 Å². The lowest BCUT2D eigenvalue weighted by Gasteiger charge is -2.17. The number of anilines is 1. The third-order valence-corrected chi connectivity index (χ3v) is 7.00. The Labute approximate surface area is 164 Å². The summed E-state index contributed by atoms with van der Waals surface area (Å²) in [6, 6.07) is 10.0. The summed E-state index contributed by atoms with van der Waals surface area (Å²) in [4.78, 5) is 8.43. The SMILES string of the molecule is CN(c1nccs1)S(=O)(=O)c1ccc2c(-c3ccc(F)cc3O)nccc2c1. The number of hydrogen-bond donors (Lipinski definition) is 1. The zero-order valence-corrected chi connectivity index (χ0v) is 16.2. The Morgan fingerprint density at radius 3 is 2.61 bits per heavy atom. The fourth-order valence-electron chi connectivity index (χ4n) is 2.87. The summed E-state index contributed by atoms with van der Waals surface area (Å²) in [5, 5.41) is 13.4. The van der Waals surface area contributed by atoms with E-state index >= 15 is 0 Å². The van der Waals surface area contributed by atoms with Gasteiger partial charge in [-0.2, -0.15) is 0 Å². The molecular formula is C19H14FN3O3S2. The molecule has 28 heavy (non-hydrogen) atoms. The van der Waals surface area contributed by atoms with Crippen LogP contribution in [0.2, 0.25) is 0 Å². The largest absolute Gasteiger partial charge is 0.507 e. The number of sulfonamides is 1. The summed E-state index contributed by atoms with van der Waals surface area (Å²) in [6.45, 7) is 0. The second-order valence-electron chi connectivity index (χ2n) is 5.99. The van der Waals surface area contributed by atoms with Gasteiger partial charge in [0.05, 0.1) is 10.6 Å². The van der Waals surface area contributed by atoms with Gasteiger partial charge in [-0.25, -0.2) is 22.1 Å². The predicted octanol–water partition coefficient (Wildman–Crippen LogP) is 4.03. The van der Waals surface area contributed by atoms with Crippen molar-refractivity contribution in [1.82, 2.24) is 9.97 Å². The maximum atomic E-state index is 13.3. The predicted molar refractivity (Wildman–Crippen MR) is 107 cm³/mol. The number of phenolic OH excluding ortho intramolecular Hbond substituents is 1.